The van der Waals surface area contributed by atoms with E-state index in [0.29, 0.717) is 31.2 Å². The fourth-order valence-electron chi connectivity index (χ4n) is 2.85. The van der Waals surface area contributed by atoms with Crippen molar-refractivity contribution in [2.24, 2.45) is 0 Å². The van der Waals surface area contributed by atoms with E-state index in [0.717, 1.165) is 24.0 Å². The van der Waals surface area contributed by atoms with Crippen molar-refractivity contribution in [3.8, 4) is 11.5 Å². The second-order valence-electron chi connectivity index (χ2n) is 6.40. The van der Waals surface area contributed by atoms with E-state index in [1.807, 2.05) is 27.8 Å². The highest BCUT2D eigenvalue weighted by atomic mass is 32.1. The standard InChI is InChI=1S/C19H18FN3O2S/c20-15-3-1-2-13(10-15)11-23(16-4-5-16)18(24)7-6-17-21-22-19(25-17)14-8-9-26-12-14/h1-3,8-10,12,16H,4-7,11H2. The number of nitrogens with zero attached hydrogens (tertiary/aromatic N) is 3. The molecule has 1 aliphatic carbocycles. The molecule has 2 aromatic heterocycles. The minimum absolute atomic E-state index is 0.0343. The number of halogens is 1. The highest BCUT2D eigenvalue weighted by Crippen LogP contribution is 2.29. The lowest BCUT2D eigenvalue weighted by Gasteiger charge is -2.22. The highest BCUT2D eigenvalue weighted by Gasteiger charge is 2.32. The number of carbonyl (C=O) groups is 1. The summed E-state index contributed by atoms with van der Waals surface area (Å²) >= 11 is 1.56. The van der Waals surface area contributed by atoms with Crippen molar-refractivity contribution in [2.45, 2.75) is 38.3 Å². The Morgan fingerprint density at radius 2 is 2.19 bits per heavy atom. The number of benzene rings is 1. The van der Waals surface area contributed by atoms with Crippen molar-refractivity contribution >= 4 is 17.2 Å². The fourth-order valence-corrected chi connectivity index (χ4v) is 3.48. The van der Waals surface area contributed by atoms with Gasteiger partial charge in [-0.1, -0.05) is 12.1 Å². The first-order valence-corrected chi connectivity index (χ1v) is 9.52. The Morgan fingerprint density at radius 3 is 2.92 bits per heavy atom. The molecular formula is C19H18FN3O2S. The molecule has 134 valence electrons. The predicted molar refractivity (Wildman–Crippen MR) is 95.9 cm³/mol. The minimum Gasteiger partial charge on any atom is -0.421 e. The Balaban J connectivity index is 1.38. The number of amides is 1. The molecule has 0 atom stereocenters. The first-order chi connectivity index (χ1) is 12.7. The summed E-state index contributed by atoms with van der Waals surface area (Å²) in [6.07, 6.45) is 2.72. The molecule has 3 aromatic rings. The van der Waals surface area contributed by atoms with Crippen LogP contribution < -0.4 is 0 Å². The van der Waals surface area contributed by atoms with Crippen LogP contribution in [0.4, 0.5) is 4.39 Å². The second-order valence-corrected chi connectivity index (χ2v) is 7.18. The van der Waals surface area contributed by atoms with Crippen molar-refractivity contribution < 1.29 is 13.6 Å². The highest BCUT2D eigenvalue weighted by molar-refractivity contribution is 7.08. The number of thiophene rings is 1. The van der Waals surface area contributed by atoms with Crippen LogP contribution in [0.25, 0.3) is 11.5 Å². The number of aryl methyl sites for hydroxylation is 1. The van der Waals surface area contributed by atoms with Crippen LogP contribution in [0, 0.1) is 5.82 Å². The fraction of sp³-hybridized carbons (Fsp3) is 0.316. The lowest BCUT2D eigenvalue weighted by molar-refractivity contribution is -0.132. The van der Waals surface area contributed by atoms with Gasteiger partial charge in [0.15, 0.2) is 0 Å². The van der Waals surface area contributed by atoms with Crippen molar-refractivity contribution in [1.29, 1.82) is 0 Å². The van der Waals surface area contributed by atoms with Gasteiger partial charge in [0.1, 0.15) is 5.82 Å². The molecule has 26 heavy (non-hydrogen) atoms. The van der Waals surface area contributed by atoms with Crippen molar-refractivity contribution in [3.05, 3.63) is 58.4 Å². The van der Waals surface area contributed by atoms with Gasteiger partial charge in [-0.3, -0.25) is 4.79 Å². The summed E-state index contributed by atoms with van der Waals surface area (Å²) < 4.78 is 19.0. The zero-order valence-electron chi connectivity index (χ0n) is 14.1. The summed E-state index contributed by atoms with van der Waals surface area (Å²) in [6.45, 7) is 0.436. The maximum atomic E-state index is 13.4. The lowest BCUT2D eigenvalue weighted by atomic mass is 10.2. The van der Waals surface area contributed by atoms with Gasteiger partial charge < -0.3 is 9.32 Å². The van der Waals surface area contributed by atoms with Gasteiger partial charge in [0.05, 0.1) is 0 Å². The Kier molecular flexibility index (Phi) is 4.79. The number of aromatic nitrogens is 2. The van der Waals surface area contributed by atoms with Gasteiger partial charge in [0.25, 0.3) is 0 Å². The molecule has 0 unspecified atom stereocenters. The SMILES string of the molecule is O=C(CCc1nnc(-c2ccsc2)o1)N(Cc1cccc(F)c1)C1CC1. The molecule has 1 aromatic carbocycles. The maximum absolute atomic E-state index is 13.4. The molecular weight excluding hydrogens is 353 g/mol. The molecule has 2 heterocycles. The molecule has 1 aliphatic rings. The van der Waals surface area contributed by atoms with Crippen molar-refractivity contribution in [2.75, 3.05) is 0 Å². The molecule has 0 aliphatic heterocycles. The molecule has 5 nitrogen and oxygen atoms in total. The van der Waals surface area contributed by atoms with E-state index in [9.17, 15) is 9.18 Å². The first kappa shape index (κ1) is 16.9. The minimum atomic E-state index is -0.280. The van der Waals surface area contributed by atoms with Crippen LogP contribution >= 0.6 is 11.3 Å². The Hall–Kier alpha value is -2.54. The van der Waals surface area contributed by atoms with Crippen molar-refractivity contribution in [3.63, 3.8) is 0 Å². The van der Waals surface area contributed by atoms with Crippen molar-refractivity contribution in [1.82, 2.24) is 15.1 Å². The van der Waals surface area contributed by atoms with E-state index in [2.05, 4.69) is 10.2 Å². The van der Waals surface area contributed by atoms with Crippen LogP contribution in [0.3, 0.4) is 0 Å². The van der Waals surface area contributed by atoms with Crippen LogP contribution in [0.5, 0.6) is 0 Å². The largest absolute Gasteiger partial charge is 0.421 e. The zero-order chi connectivity index (χ0) is 17.9. The number of carbonyl (C=O) groups excluding carboxylic acids is 1. The molecule has 7 heteroatoms. The summed E-state index contributed by atoms with van der Waals surface area (Å²) in [6, 6.07) is 8.58. The van der Waals surface area contributed by atoms with Crippen LogP contribution in [0.1, 0.15) is 30.7 Å². The van der Waals surface area contributed by atoms with Crippen LogP contribution in [-0.4, -0.2) is 27.0 Å². The van der Waals surface area contributed by atoms with E-state index < -0.39 is 0 Å². The summed E-state index contributed by atoms with van der Waals surface area (Å²) in [5.41, 5.74) is 1.70. The molecule has 1 fully saturated rings. The van der Waals surface area contributed by atoms with E-state index in [1.54, 1.807) is 17.4 Å². The number of rotatable bonds is 7. The monoisotopic (exact) mass is 371 g/mol. The molecule has 0 N–H and O–H groups in total. The molecule has 1 amide bonds. The van der Waals surface area contributed by atoms with E-state index in [4.69, 9.17) is 4.42 Å². The second kappa shape index (κ2) is 7.37. The van der Waals surface area contributed by atoms with Gasteiger partial charge in [0.2, 0.25) is 17.7 Å². The Morgan fingerprint density at radius 1 is 1.31 bits per heavy atom. The van der Waals surface area contributed by atoms with E-state index in [-0.39, 0.29) is 17.8 Å². The maximum Gasteiger partial charge on any atom is 0.248 e. The zero-order valence-corrected chi connectivity index (χ0v) is 14.9. The van der Waals surface area contributed by atoms with Crippen LogP contribution in [-0.2, 0) is 17.8 Å². The summed E-state index contributed by atoms with van der Waals surface area (Å²) in [5.74, 6) is 0.693. The van der Waals surface area contributed by atoms with Crippen LogP contribution in [0.2, 0.25) is 0 Å². The third kappa shape index (κ3) is 3.99. The lowest BCUT2D eigenvalue weighted by Crippen LogP contribution is -2.32. The normalized spacial score (nSPS) is 13.7. The van der Waals surface area contributed by atoms with Gasteiger partial charge in [0, 0.05) is 36.4 Å². The number of hydrogen-bond donors (Lipinski definition) is 0. The third-order valence-electron chi connectivity index (χ3n) is 4.34. The van der Waals surface area contributed by atoms with Crippen LogP contribution in [0.15, 0.2) is 45.5 Å². The summed E-state index contributed by atoms with van der Waals surface area (Å²) in [7, 11) is 0. The Bertz CT molecular complexity index is 890. The smallest absolute Gasteiger partial charge is 0.248 e. The van der Waals surface area contributed by atoms with E-state index in [1.165, 1.54) is 12.1 Å². The van der Waals surface area contributed by atoms with Gasteiger partial charge in [-0.2, -0.15) is 11.3 Å². The summed E-state index contributed by atoms with van der Waals surface area (Å²) in [4.78, 5) is 14.5. The third-order valence-corrected chi connectivity index (χ3v) is 5.02. The Labute approximate surface area is 154 Å². The van der Waals surface area contributed by atoms with E-state index >= 15 is 0 Å². The molecule has 0 radical (unpaired) electrons. The topological polar surface area (TPSA) is 59.2 Å². The summed E-state index contributed by atoms with van der Waals surface area (Å²) in [5, 5.41) is 11.9. The predicted octanol–water partition coefficient (Wildman–Crippen LogP) is 4.06. The average molecular weight is 371 g/mol. The quantitative estimate of drug-likeness (QED) is 0.628. The van der Waals surface area contributed by atoms with Gasteiger partial charge in [-0.25, -0.2) is 4.39 Å². The van der Waals surface area contributed by atoms with Gasteiger partial charge in [-0.05, 0) is 42.0 Å². The molecule has 0 bridgehead atoms. The molecule has 1 saturated carbocycles. The van der Waals surface area contributed by atoms with Gasteiger partial charge in [-0.15, -0.1) is 10.2 Å². The molecule has 4 rings (SSSR count). The molecule has 0 spiro atoms. The first-order valence-electron chi connectivity index (χ1n) is 8.58. The number of hydrogen-bond acceptors (Lipinski definition) is 5. The molecule has 0 saturated heterocycles. The average Bonchev–Trinajstić information content (AvgIpc) is 3.12. The van der Waals surface area contributed by atoms with Gasteiger partial charge >= 0.3 is 0 Å².